The van der Waals surface area contributed by atoms with Crippen LogP contribution in [0.1, 0.15) is 45.5 Å². The van der Waals surface area contributed by atoms with Crippen molar-refractivity contribution in [2.45, 2.75) is 31.7 Å². The van der Waals surface area contributed by atoms with Crippen LogP contribution in [0.15, 0.2) is 42.5 Å². The Labute approximate surface area is 179 Å². The molecule has 0 radical (unpaired) electrons. The van der Waals surface area contributed by atoms with Gasteiger partial charge in [-0.2, -0.15) is 0 Å². The Morgan fingerprint density at radius 3 is 2.00 bits per heavy atom. The fourth-order valence-corrected chi connectivity index (χ4v) is 4.31. The maximum absolute atomic E-state index is 13.4. The van der Waals surface area contributed by atoms with Crippen molar-refractivity contribution < 1.29 is 14.4 Å². The zero-order valence-corrected chi connectivity index (χ0v) is 17.2. The third kappa shape index (κ3) is 3.77. The molecule has 3 amide bonds. The van der Waals surface area contributed by atoms with E-state index in [1.807, 2.05) is 30.3 Å². The summed E-state index contributed by atoms with van der Waals surface area (Å²) in [4.78, 5) is 42.5. The molecule has 150 valence electrons. The molecule has 1 unspecified atom stereocenters. The highest BCUT2D eigenvalue weighted by atomic mass is 35.5. The van der Waals surface area contributed by atoms with Gasteiger partial charge >= 0.3 is 0 Å². The fourth-order valence-electron chi connectivity index (χ4n) is 3.99. The van der Waals surface area contributed by atoms with Gasteiger partial charge in [-0.1, -0.05) is 53.5 Å². The molecule has 0 saturated carbocycles. The Morgan fingerprint density at radius 1 is 0.897 bits per heavy atom. The SMILES string of the molecule is O=C(C(Cc1ccccc1)N1C(=O)c2cc(Cl)c(Cl)cc2C1=O)N1CCCCC1. The lowest BCUT2D eigenvalue weighted by atomic mass is 10.0. The van der Waals surface area contributed by atoms with Gasteiger partial charge in [-0.25, -0.2) is 0 Å². The first-order valence-electron chi connectivity index (χ1n) is 9.67. The molecule has 1 atom stereocenters. The first-order valence-corrected chi connectivity index (χ1v) is 10.4. The number of amides is 3. The maximum Gasteiger partial charge on any atom is 0.262 e. The van der Waals surface area contributed by atoms with Crippen molar-refractivity contribution in [2.75, 3.05) is 13.1 Å². The molecule has 0 spiro atoms. The van der Waals surface area contributed by atoms with Gasteiger partial charge in [0.2, 0.25) is 5.91 Å². The minimum atomic E-state index is -0.902. The van der Waals surface area contributed by atoms with Gasteiger partial charge in [0.1, 0.15) is 6.04 Å². The number of carbonyl (C=O) groups excluding carboxylic acids is 3. The summed E-state index contributed by atoms with van der Waals surface area (Å²) in [5.41, 5.74) is 1.26. The summed E-state index contributed by atoms with van der Waals surface area (Å²) in [6.45, 7) is 1.29. The lowest BCUT2D eigenvalue weighted by Crippen LogP contribution is -2.53. The smallest absolute Gasteiger partial charge is 0.262 e. The number of carbonyl (C=O) groups is 3. The Morgan fingerprint density at radius 2 is 1.45 bits per heavy atom. The number of rotatable bonds is 4. The average Bonchev–Trinajstić information content (AvgIpc) is 2.97. The molecule has 4 rings (SSSR count). The highest BCUT2D eigenvalue weighted by Crippen LogP contribution is 2.33. The molecule has 2 aliphatic heterocycles. The first-order chi connectivity index (χ1) is 14.0. The molecule has 1 fully saturated rings. The second-order valence-corrected chi connectivity index (χ2v) is 8.20. The van der Waals surface area contributed by atoms with Crippen LogP contribution in [0.5, 0.6) is 0 Å². The third-order valence-electron chi connectivity index (χ3n) is 5.50. The van der Waals surface area contributed by atoms with Gasteiger partial charge in [-0.05, 0) is 37.0 Å². The van der Waals surface area contributed by atoms with Gasteiger partial charge < -0.3 is 4.90 Å². The predicted molar refractivity (Wildman–Crippen MR) is 111 cm³/mol. The largest absolute Gasteiger partial charge is 0.341 e. The highest BCUT2D eigenvalue weighted by Gasteiger charge is 2.44. The van der Waals surface area contributed by atoms with Crippen LogP contribution in [0.3, 0.4) is 0 Å². The van der Waals surface area contributed by atoms with Crippen molar-refractivity contribution >= 4 is 40.9 Å². The van der Waals surface area contributed by atoms with E-state index in [1.54, 1.807) is 4.90 Å². The minimum Gasteiger partial charge on any atom is -0.341 e. The van der Waals surface area contributed by atoms with Gasteiger partial charge in [-0.15, -0.1) is 0 Å². The summed E-state index contributed by atoms with van der Waals surface area (Å²) in [6, 6.07) is 11.3. The lowest BCUT2D eigenvalue weighted by Gasteiger charge is -2.33. The summed E-state index contributed by atoms with van der Waals surface area (Å²) in [5.74, 6) is -1.20. The number of nitrogens with zero attached hydrogens (tertiary/aromatic N) is 2. The van der Waals surface area contributed by atoms with E-state index < -0.39 is 17.9 Å². The number of fused-ring (bicyclic) bond motifs is 1. The standard InChI is InChI=1S/C22H20Cl2N2O3/c23-17-12-15-16(13-18(17)24)21(28)26(20(15)27)19(11-14-7-3-1-4-8-14)22(29)25-9-5-2-6-10-25/h1,3-4,7-8,12-13,19H,2,5-6,9-11H2. The molecule has 0 N–H and O–H groups in total. The van der Waals surface area contributed by atoms with E-state index in [4.69, 9.17) is 23.2 Å². The molecule has 0 bridgehead atoms. The molecule has 2 aromatic carbocycles. The number of hydrogen-bond donors (Lipinski definition) is 0. The van der Waals surface area contributed by atoms with E-state index in [-0.39, 0.29) is 33.5 Å². The summed E-state index contributed by atoms with van der Waals surface area (Å²) in [5, 5.41) is 0.408. The number of benzene rings is 2. The van der Waals surface area contributed by atoms with Crippen molar-refractivity contribution in [1.82, 2.24) is 9.80 Å². The molecular weight excluding hydrogens is 411 g/mol. The van der Waals surface area contributed by atoms with Crippen LogP contribution in [0.4, 0.5) is 0 Å². The van der Waals surface area contributed by atoms with Crippen LogP contribution in [0.2, 0.25) is 10.0 Å². The Kier molecular flexibility index (Phi) is 5.61. The van der Waals surface area contributed by atoms with Gasteiger partial charge in [0.25, 0.3) is 11.8 Å². The normalized spacial score (nSPS) is 17.4. The molecule has 0 aromatic heterocycles. The van der Waals surface area contributed by atoms with Crippen molar-refractivity contribution in [3.63, 3.8) is 0 Å². The number of likely N-dealkylation sites (tertiary alicyclic amines) is 1. The Hall–Kier alpha value is -2.37. The summed E-state index contributed by atoms with van der Waals surface area (Å²) in [6.07, 6.45) is 3.20. The second kappa shape index (κ2) is 8.17. The van der Waals surface area contributed by atoms with Crippen molar-refractivity contribution in [3.8, 4) is 0 Å². The molecule has 1 saturated heterocycles. The number of imide groups is 1. The average molecular weight is 431 g/mol. The van der Waals surface area contributed by atoms with Gasteiger partial charge in [0.05, 0.1) is 21.2 Å². The molecule has 2 aliphatic rings. The van der Waals surface area contributed by atoms with E-state index in [1.165, 1.54) is 12.1 Å². The van der Waals surface area contributed by atoms with E-state index >= 15 is 0 Å². The van der Waals surface area contributed by atoms with Crippen molar-refractivity contribution in [3.05, 3.63) is 69.2 Å². The van der Waals surface area contributed by atoms with E-state index in [0.717, 1.165) is 29.7 Å². The van der Waals surface area contributed by atoms with E-state index in [0.29, 0.717) is 13.1 Å². The zero-order chi connectivity index (χ0) is 20.5. The zero-order valence-electron chi connectivity index (χ0n) is 15.7. The number of hydrogen-bond acceptors (Lipinski definition) is 3. The van der Waals surface area contributed by atoms with E-state index in [2.05, 4.69) is 0 Å². The van der Waals surface area contributed by atoms with Crippen LogP contribution in [0, 0.1) is 0 Å². The number of halogens is 2. The molecule has 7 heteroatoms. The summed E-state index contributed by atoms with van der Waals surface area (Å²) in [7, 11) is 0. The van der Waals surface area contributed by atoms with Crippen LogP contribution in [-0.2, 0) is 11.2 Å². The molecular formula is C22H20Cl2N2O3. The van der Waals surface area contributed by atoms with E-state index in [9.17, 15) is 14.4 Å². The van der Waals surface area contributed by atoms with Crippen molar-refractivity contribution in [2.24, 2.45) is 0 Å². The van der Waals surface area contributed by atoms with Gasteiger partial charge in [-0.3, -0.25) is 19.3 Å². The Bertz CT molecular complexity index is 931. The van der Waals surface area contributed by atoms with Gasteiger partial charge in [0, 0.05) is 19.5 Å². The number of piperidine rings is 1. The summed E-state index contributed by atoms with van der Waals surface area (Å²) >= 11 is 12.1. The highest BCUT2D eigenvalue weighted by molar-refractivity contribution is 6.43. The van der Waals surface area contributed by atoms with Gasteiger partial charge in [0.15, 0.2) is 0 Å². The fraction of sp³-hybridized carbons (Fsp3) is 0.318. The summed E-state index contributed by atoms with van der Waals surface area (Å²) < 4.78 is 0. The Balaban J connectivity index is 1.71. The maximum atomic E-state index is 13.4. The second-order valence-electron chi connectivity index (χ2n) is 7.38. The molecule has 5 nitrogen and oxygen atoms in total. The molecule has 0 aliphatic carbocycles. The third-order valence-corrected chi connectivity index (χ3v) is 6.22. The monoisotopic (exact) mass is 430 g/mol. The first kappa shape index (κ1) is 19.9. The quantitative estimate of drug-likeness (QED) is 0.682. The minimum absolute atomic E-state index is 0.189. The van der Waals surface area contributed by atoms with Crippen LogP contribution in [0.25, 0.3) is 0 Å². The van der Waals surface area contributed by atoms with Crippen molar-refractivity contribution in [1.29, 1.82) is 0 Å². The predicted octanol–water partition coefficient (Wildman–Crippen LogP) is 4.21. The topological polar surface area (TPSA) is 57.7 Å². The van der Waals surface area contributed by atoms with Crippen LogP contribution in [-0.4, -0.2) is 46.7 Å². The van der Waals surface area contributed by atoms with Crippen LogP contribution >= 0.6 is 23.2 Å². The molecule has 2 heterocycles. The molecule has 29 heavy (non-hydrogen) atoms. The van der Waals surface area contributed by atoms with Crippen LogP contribution < -0.4 is 0 Å². The molecule has 2 aromatic rings. The lowest BCUT2D eigenvalue weighted by molar-refractivity contribution is -0.136.